The molecule has 0 aliphatic carbocycles. The van der Waals surface area contributed by atoms with E-state index in [9.17, 15) is 9.59 Å². The van der Waals surface area contributed by atoms with Gasteiger partial charge in [-0.1, -0.05) is 53.4 Å². The highest BCUT2D eigenvalue weighted by Crippen LogP contribution is 2.28. The third-order valence-electron chi connectivity index (χ3n) is 4.27. The minimum atomic E-state index is 0.00212. The average Bonchev–Trinajstić information content (AvgIpc) is 3.16. The van der Waals surface area contributed by atoms with Crippen LogP contribution in [-0.4, -0.2) is 64.9 Å². The van der Waals surface area contributed by atoms with Crippen LogP contribution in [0.5, 0.6) is 0 Å². The van der Waals surface area contributed by atoms with E-state index in [0.717, 1.165) is 28.1 Å². The number of nitrogens with one attached hydrogen (secondary N) is 1. The predicted octanol–water partition coefficient (Wildman–Crippen LogP) is 2.05. The number of nitrogens with zero attached hydrogens (tertiary/aromatic N) is 4. The van der Waals surface area contributed by atoms with Gasteiger partial charge in [-0.05, 0) is 19.4 Å². The Hall–Kier alpha value is -2.13. The Bertz CT molecular complexity index is 789. The number of piperazine rings is 1. The summed E-state index contributed by atoms with van der Waals surface area (Å²) in [5.41, 5.74) is 1.04. The van der Waals surface area contributed by atoms with E-state index >= 15 is 0 Å². The first-order valence-corrected chi connectivity index (χ1v) is 11.1. The zero-order valence-corrected chi connectivity index (χ0v) is 17.8. The summed E-state index contributed by atoms with van der Waals surface area (Å²) in [6, 6.07) is 9.97. The molecule has 1 aliphatic heterocycles. The fourth-order valence-corrected chi connectivity index (χ4v) is 4.61. The van der Waals surface area contributed by atoms with E-state index in [0.29, 0.717) is 25.3 Å². The summed E-state index contributed by atoms with van der Waals surface area (Å²) in [5.74, 6) is 0.506. The molecule has 0 unspecified atom stereocenters. The van der Waals surface area contributed by atoms with Gasteiger partial charge in [0.15, 0.2) is 4.34 Å². The Balaban J connectivity index is 1.45. The zero-order chi connectivity index (χ0) is 19.9. The number of anilines is 1. The van der Waals surface area contributed by atoms with E-state index in [1.165, 1.54) is 23.1 Å². The normalized spacial score (nSPS) is 14.4. The molecule has 2 heterocycles. The van der Waals surface area contributed by atoms with Crippen LogP contribution in [0, 0.1) is 0 Å². The monoisotopic (exact) mass is 419 g/mol. The third kappa shape index (κ3) is 5.93. The number of amides is 2. The molecule has 1 fully saturated rings. The van der Waals surface area contributed by atoms with Gasteiger partial charge in [0.25, 0.3) is 0 Å². The molecule has 1 aromatic carbocycles. The topological polar surface area (TPSA) is 78.4 Å². The number of rotatable bonds is 7. The van der Waals surface area contributed by atoms with E-state index in [2.05, 4.69) is 20.4 Å². The van der Waals surface area contributed by atoms with Gasteiger partial charge in [-0.25, -0.2) is 0 Å². The van der Waals surface area contributed by atoms with Crippen LogP contribution in [-0.2, 0) is 16.0 Å². The molecule has 1 N–H and O–H groups in total. The number of hydrogen-bond acceptors (Lipinski definition) is 7. The van der Waals surface area contributed by atoms with E-state index in [1.807, 2.05) is 49.1 Å². The molecule has 0 saturated carbocycles. The molecule has 9 heteroatoms. The molecule has 2 amide bonds. The summed E-state index contributed by atoms with van der Waals surface area (Å²) in [6.07, 6.45) is 0.443. The number of hydrogen-bond donors (Lipinski definition) is 1. The first-order valence-electron chi connectivity index (χ1n) is 9.33. The fourth-order valence-electron chi connectivity index (χ4n) is 2.91. The summed E-state index contributed by atoms with van der Waals surface area (Å²) < 4.78 is 0.788. The van der Waals surface area contributed by atoms with Gasteiger partial charge in [0.05, 0.1) is 12.2 Å². The highest BCUT2D eigenvalue weighted by Gasteiger charge is 2.23. The summed E-state index contributed by atoms with van der Waals surface area (Å²) in [5, 5.41) is 12.2. The van der Waals surface area contributed by atoms with Crippen molar-refractivity contribution < 1.29 is 9.59 Å². The van der Waals surface area contributed by atoms with Crippen molar-refractivity contribution >= 4 is 40.0 Å². The second-order valence-corrected chi connectivity index (χ2v) is 9.07. The van der Waals surface area contributed by atoms with E-state index < -0.39 is 0 Å². The molecule has 1 aliphatic rings. The molecule has 2 aromatic rings. The predicted molar refractivity (Wildman–Crippen MR) is 113 cm³/mol. The number of benzene rings is 1. The average molecular weight is 420 g/mol. The molecule has 7 nitrogen and oxygen atoms in total. The minimum absolute atomic E-state index is 0.00212. The Morgan fingerprint density at radius 1 is 1.14 bits per heavy atom. The Labute approximate surface area is 173 Å². The number of thioether (sulfide) groups is 1. The van der Waals surface area contributed by atoms with Crippen molar-refractivity contribution in [2.45, 2.75) is 30.6 Å². The highest BCUT2D eigenvalue weighted by atomic mass is 32.2. The van der Waals surface area contributed by atoms with Crippen LogP contribution in [0.25, 0.3) is 0 Å². The molecular weight excluding hydrogens is 394 g/mol. The molecule has 3 rings (SSSR count). The molecule has 0 spiro atoms. The molecule has 1 saturated heterocycles. The molecule has 0 atom stereocenters. The first kappa shape index (κ1) is 20.6. The van der Waals surface area contributed by atoms with Gasteiger partial charge >= 0.3 is 0 Å². The molecule has 150 valence electrons. The second-order valence-electron chi connectivity index (χ2n) is 6.89. The van der Waals surface area contributed by atoms with E-state index in [4.69, 9.17) is 0 Å². The smallest absolute Gasteiger partial charge is 0.230 e. The third-order valence-corrected chi connectivity index (χ3v) is 6.39. The maximum atomic E-state index is 12.5. The van der Waals surface area contributed by atoms with Gasteiger partial charge in [-0.3, -0.25) is 9.59 Å². The van der Waals surface area contributed by atoms with Crippen LogP contribution >= 0.6 is 23.1 Å². The first-order chi connectivity index (χ1) is 13.5. The van der Waals surface area contributed by atoms with Crippen molar-refractivity contribution in [3.63, 3.8) is 0 Å². The summed E-state index contributed by atoms with van der Waals surface area (Å²) >= 11 is 2.90. The van der Waals surface area contributed by atoms with Crippen LogP contribution < -0.4 is 10.2 Å². The van der Waals surface area contributed by atoms with Crippen molar-refractivity contribution in [1.82, 2.24) is 20.4 Å². The van der Waals surface area contributed by atoms with Crippen LogP contribution in [0.4, 0.5) is 5.13 Å². The Morgan fingerprint density at radius 2 is 1.86 bits per heavy atom. The van der Waals surface area contributed by atoms with Crippen molar-refractivity contribution in [3.8, 4) is 0 Å². The molecule has 0 radical (unpaired) electrons. The van der Waals surface area contributed by atoms with Crippen LogP contribution in [0.15, 0.2) is 34.7 Å². The quantitative estimate of drug-likeness (QED) is 0.692. The van der Waals surface area contributed by atoms with Crippen molar-refractivity contribution in [2.24, 2.45) is 0 Å². The highest BCUT2D eigenvalue weighted by molar-refractivity contribution is 8.01. The van der Waals surface area contributed by atoms with Crippen LogP contribution in [0.2, 0.25) is 0 Å². The molecule has 0 bridgehead atoms. The molecule has 1 aromatic heterocycles. The number of aromatic nitrogens is 2. The maximum Gasteiger partial charge on any atom is 0.230 e. The lowest BCUT2D eigenvalue weighted by Crippen LogP contribution is -2.49. The Morgan fingerprint density at radius 3 is 2.54 bits per heavy atom. The lowest BCUT2D eigenvalue weighted by Gasteiger charge is -2.34. The van der Waals surface area contributed by atoms with Crippen LogP contribution in [0.1, 0.15) is 19.4 Å². The fraction of sp³-hybridized carbons (Fsp3) is 0.474. The summed E-state index contributed by atoms with van der Waals surface area (Å²) in [4.78, 5) is 28.3. The Kier molecular flexibility index (Phi) is 7.27. The standard InChI is InChI=1S/C19H25N5O2S2/c1-14(2)20-16(25)13-27-19-22-21-18(28-19)24-10-8-23(9-11-24)17(26)12-15-6-4-3-5-7-15/h3-7,14H,8-13H2,1-2H3,(H,20,25). The van der Waals surface area contributed by atoms with Gasteiger partial charge < -0.3 is 15.1 Å². The van der Waals surface area contributed by atoms with Gasteiger partial charge in [0, 0.05) is 32.2 Å². The molecular formula is C19H25N5O2S2. The molecule has 28 heavy (non-hydrogen) atoms. The van der Waals surface area contributed by atoms with Gasteiger partial charge in [0.2, 0.25) is 16.9 Å². The summed E-state index contributed by atoms with van der Waals surface area (Å²) in [7, 11) is 0. The minimum Gasteiger partial charge on any atom is -0.353 e. The summed E-state index contributed by atoms with van der Waals surface area (Å²) in [6.45, 7) is 6.74. The van der Waals surface area contributed by atoms with Crippen molar-refractivity contribution in [1.29, 1.82) is 0 Å². The van der Waals surface area contributed by atoms with Crippen molar-refractivity contribution in [2.75, 3.05) is 36.8 Å². The van der Waals surface area contributed by atoms with E-state index in [1.54, 1.807) is 0 Å². The lowest BCUT2D eigenvalue weighted by molar-refractivity contribution is -0.130. The SMILES string of the molecule is CC(C)NC(=O)CSc1nnc(N2CCN(C(=O)Cc3ccccc3)CC2)s1. The second kappa shape index (κ2) is 9.88. The van der Waals surface area contributed by atoms with E-state index in [-0.39, 0.29) is 17.9 Å². The van der Waals surface area contributed by atoms with Crippen molar-refractivity contribution in [3.05, 3.63) is 35.9 Å². The zero-order valence-electron chi connectivity index (χ0n) is 16.1. The van der Waals surface area contributed by atoms with Gasteiger partial charge in [-0.15, -0.1) is 10.2 Å². The maximum absolute atomic E-state index is 12.5. The van der Waals surface area contributed by atoms with Gasteiger partial charge in [-0.2, -0.15) is 0 Å². The largest absolute Gasteiger partial charge is 0.353 e. The van der Waals surface area contributed by atoms with Gasteiger partial charge in [0.1, 0.15) is 0 Å². The lowest BCUT2D eigenvalue weighted by atomic mass is 10.1. The number of carbonyl (C=O) groups excluding carboxylic acids is 2. The number of carbonyl (C=O) groups is 2. The van der Waals surface area contributed by atoms with Crippen LogP contribution in [0.3, 0.4) is 0 Å².